The van der Waals surface area contributed by atoms with Gasteiger partial charge in [0.1, 0.15) is 11.2 Å². The van der Waals surface area contributed by atoms with Gasteiger partial charge >= 0.3 is 0 Å². The van der Waals surface area contributed by atoms with Crippen LogP contribution < -0.4 is 0 Å². The molecule has 60 heavy (non-hydrogen) atoms. The molecule has 2 heteroatoms. The second-order valence-corrected chi connectivity index (χ2v) is 16.5. The lowest BCUT2D eigenvalue weighted by molar-refractivity contribution is 0.669. The van der Waals surface area contributed by atoms with E-state index in [9.17, 15) is 0 Å². The maximum Gasteiger partial charge on any atom is 0.136 e. The molecule has 0 saturated carbocycles. The van der Waals surface area contributed by atoms with Gasteiger partial charge in [-0.25, -0.2) is 0 Å². The summed E-state index contributed by atoms with van der Waals surface area (Å²) in [7, 11) is 0. The number of nitrogens with zero attached hydrogens (tertiary/aromatic N) is 1. The van der Waals surface area contributed by atoms with Crippen molar-refractivity contribution < 1.29 is 4.42 Å². The van der Waals surface area contributed by atoms with Crippen molar-refractivity contribution in [2.24, 2.45) is 0 Å². The van der Waals surface area contributed by atoms with Crippen molar-refractivity contribution in [3.8, 4) is 44.6 Å². The Kier molecular flexibility index (Phi) is 6.25. The van der Waals surface area contributed by atoms with Crippen LogP contribution in [0.2, 0.25) is 0 Å². The molecule has 10 aromatic carbocycles. The van der Waals surface area contributed by atoms with Crippen LogP contribution in [0.3, 0.4) is 0 Å². The van der Waals surface area contributed by atoms with Crippen LogP contribution in [0.25, 0.3) is 110 Å². The fourth-order valence-corrected chi connectivity index (χ4v) is 11.2. The normalized spacial score (nSPS) is 15.1. The first-order valence-electron chi connectivity index (χ1n) is 20.8. The van der Waals surface area contributed by atoms with Gasteiger partial charge in [0.2, 0.25) is 0 Å². The first-order chi connectivity index (χ1) is 29.8. The van der Waals surface area contributed by atoms with Crippen LogP contribution in [0.5, 0.6) is 0 Å². The molecule has 12 aromatic rings. The van der Waals surface area contributed by atoms with E-state index in [1.165, 1.54) is 110 Å². The molecule has 0 bridgehead atoms. The van der Waals surface area contributed by atoms with E-state index < -0.39 is 5.41 Å². The quantitative estimate of drug-likeness (QED) is 0.164. The summed E-state index contributed by atoms with van der Waals surface area (Å²) in [6.45, 7) is 0. The Labute approximate surface area is 345 Å². The Hall–Kier alpha value is -7.81. The maximum atomic E-state index is 6.69. The van der Waals surface area contributed by atoms with Crippen LogP contribution in [0.1, 0.15) is 22.3 Å². The summed E-state index contributed by atoms with van der Waals surface area (Å²) in [5.74, 6) is 0. The van der Waals surface area contributed by atoms with Gasteiger partial charge in [-0.2, -0.15) is 0 Å². The second-order valence-electron chi connectivity index (χ2n) is 16.5. The summed E-state index contributed by atoms with van der Waals surface area (Å²) in [4.78, 5) is 5.15. The molecular weight excluding hydrogens is 727 g/mol. The molecule has 1 atom stereocenters. The molecule has 2 nitrogen and oxygen atoms in total. The lowest BCUT2D eigenvalue weighted by atomic mass is 9.70. The van der Waals surface area contributed by atoms with Crippen LogP contribution in [-0.2, 0) is 5.41 Å². The van der Waals surface area contributed by atoms with Gasteiger partial charge in [0.05, 0.1) is 11.1 Å². The van der Waals surface area contributed by atoms with E-state index in [-0.39, 0.29) is 0 Å². The Morgan fingerprint density at radius 3 is 1.78 bits per heavy atom. The molecule has 276 valence electrons. The summed E-state index contributed by atoms with van der Waals surface area (Å²) in [6, 6.07) is 71.8. The number of fused-ring (bicyclic) bond motifs is 20. The summed E-state index contributed by atoms with van der Waals surface area (Å²) in [6.07, 6.45) is 1.95. The zero-order valence-corrected chi connectivity index (χ0v) is 32.4. The number of pyridine rings is 1. The minimum absolute atomic E-state index is 0.576. The van der Waals surface area contributed by atoms with Crippen molar-refractivity contribution in [1.29, 1.82) is 0 Å². The van der Waals surface area contributed by atoms with E-state index in [1.807, 2.05) is 6.20 Å². The predicted octanol–water partition coefficient (Wildman–Crippen LogP) is 15.3. The van der Waals surface area contributed by atoms with Gasteiger partial charge in [-0.3, -0.25) is 4.98 Å². The molecule has 14 rings (SSSR count). The number of hydrogen-bond acceptors (Lipinski definition) is 2. The van der Waals surface area contributed by atoms with E-state index in [4.69, 9.17) is 9.40 Å². The Balaban J connectivity index is 1.08. The Morgan fingerprint density at radius 2 is 0.983 bits per heavy atom. The minimum Gasteiger partial charge on any atom is -0.456 e. The lowest BCUT2D eigenvalue weighted by Gasteiger charge is -2.30. The number of hydrogen-bond donors (Lipinski definition) is 0. The van der Waals surface area contributed by atoms with Gasteiger partial charge in [0.15, 0.2) is 0 Å². The molecule has 2 aliphatic rings. The zero-order chi connectivity index (χ0) is 39.1. The van der Waals surface area contributed by atoms with Gasteiger partial charge in [-0.1, -0.05) is 152 Å². The van der Waals surface area contributed by atoms with Gasteiger partial charge < -0.3 is 4.42 Å². The number of furan rings is 1. The van der Waals surface area contributed by atoms with Crippen molar-refractivity contribution in [2.45, 2.75) is 5.41 Å². The Morgan fingerprint density at radius 1 is 0.333 bits per heavy atom. The van der Waals surface area contributed by atoms with Gasteiger partial charge in [0.25, 0.3) is 0 Å². The summed E-state index contributed by atoms with van der Waals surface area (Å²) >= 11 is 0. The highest BCUT2D eigenvalue weighted by atomic mass is 16.3. The molecule has 2 aromatic heterocycles. The SMILES string of the molecule is c1ccc(-c2cc3c4ccccc4c(-c4ccc5c(c4)C4(c6ccccc6-c6cc7oc8ccc9ccccc9c8c7cc64)c4cccnc4-5)cc3c3ccccc23)cc1. The molecule has 2 aliphatic carbocycles. The van der Waals surface area contributed by atoms with E-state index in [0.717, 1.165) is 22.2 Å². The van der Waals surface area contributed by atoms with Crippen molar-refractivity contribution in [2.75, 3.05) is 0 Å². The summed E-state index contributed by atoms with van der Waals surface area (Å²) < 4.78 is 6.69. The van der Waals surface area contributed by atoms with E-state index in [2.05, 4.69) is 194 Å². The lowest BCUT2D eigenvalue weighted by Crippen LogP contribution is -2.26. The van der Waals surface area contributed by atoms with Crippen LogP contribution >= 0.6 is 0 Å². The fourth-order valence-electron chi connectivity index (χ4n) is 11.2. The molecule has 0 aliphatic heterocycles. The molecule has 0 N–H and O–H groups in total. The number of benzene rings is 10. The van der Waals surface area contributed by atoms with Gasteiger partial charge in [-0.15, -0.1) is 0 Å². The standard InChI is InChI=1S/C58H33NO/c1-2-13-34(14-3-1)44-30-46-41-20-9-7-18-39(41)45(31-47(46)40-19-8-6-17-38(40)44)36-24-26-43-52(29-36)58(51-23-12-28-59-57(43)51)50-22-11-10-21-42(50)48-33-55-49(32-53(48)58)56-37-16-5-4-15-35(37)25-27-54(56)60-55/h1-33H. The summed E-state index contributed by atoms with van der Waals surface area (Å²) in [5, 5.41) is 12.3. The largest absolute Gasteiger partial charge is 0.456 e. The molecule has 0 saturated heterocycles. The van der Waals surface area contributed by atoms with Crippen LogP contribution in [-0.4, -0.2) is 4.98 Å². The van der Waals surface area contributed by atoms with Crippen LogP contribution in [0.4, 0.5) is 0 Å². The maximum absolute atomic E-state index is 6.69. The fraction of sp³-hybridized carbons (Fsp3) is 0.0172. The molecule has 0 amide bonds. The second kappa shape index (κ2) is 11.7. The third-order valence-corrected chi connectivity index (χ3v) is 13.7. The van der Waals surface area contributed by atoms with Crippen LogP contribution in [0.15, 0.2) is 205 Å². The zero-order valence-electron chi connectivity index (χ0n) is 32.4. The third-order valence-electron chi connectivity index (χ3n) is 13.7. The highest BCUT2D eigenvalue weighted by molar-refractivity contribution is 6.24. The van der Waals surface area contributed by atoms with Crippen molar-refractivity contribution in [1.82, 2.24) is 4.98 Å². The summed E-state index contributed by atoms with van der Waals surface area (Å²) in [5.41, 5.74) is 15.9. The molecule has 0 fully saturated rings. The number of rotatable bonds is 2. The Bertz CT molecular complexity index is 3840. The highest BCUT2D eigenvalue weighted by Gasteiger charge is 2.52. The molecule has 0 radical (unpaired) electrons. The molecule has 2 heterocycles. The minimum atomic E-state index is -0.576. The average molecular weight is 760 g/mol. The van der Waals surface area contributed by atoms with Crippen molar-refractivity contribution in [3.63, 3.8) is 0 Å². The van der Waals surface area contributed by atoms with E-state index >= 15 is 0 Å². The third kappa shape index (κ3) is 4.05. The first-order valence-corrected chi connectivity index (χ1v) is 20.8. The average Bonchev–Trinajstić information content (AvgIpc) is 3.94. The van der Waals surface area contributed by atoms with Crippen LogP contribution in [0, 0.1) is 0 Å². The monoisotopic (exact) mass is 759 g/mol. The van der Waals surface area contributed by atoms with Gasteiger partial charge in [0, 0.05) is 22.5 Å². The van der Waals surface area contributed by atoms with Crippen molar-refractivity contribution >= 4 is 65.0 Å². The van der Waals surface area contributed by atoms with Crippen molar-refractivity contribution in [3.05, 3.63) is 223 Å². The molecular formula is C58H33NO. The topological polar surface area (TPSA) is 26.0 Å². The highest BCUT2D eigenvalue weighted by Crippen LogP contribution is 2.63. The number of aromatic nitrogens is 1. The van der Waals surface area contributed by atoms with E-state index in [1.54, 1.807) is 0 Å². The molecule has 1 unspecified atom stereocenters. The predicted molar refractivity (Wildman–Crippen MR) is 249 cm³/mol. The van der Waals surface area contributed by atoms with Gasteiger partial charge in [-0.05, 0) is 141 Å². The van der Waals surface area contributed by atoms with E-state index in [0.29, 0.717) is 0 Å². The molecule has 1 spiro atoms. The first kappa shape index (κ1) is 32.2. The smallest absolute Gasteiger partial charge is 0.136 e.